The summed E-state index contributed by atoms with van der Waals surface area (Å²) < 4.78 is 11.8. The van der Waals surface area contributed by atoms with E-state index in [1.165, 1.54) is 5.56 Å². The summed E-state index contributed by atoms with van der Waals surface area (Å²) in [4.78, 5) is 11.5. The van der Waals surface area contributed by atoms with E-state index in [1.54, 1.807) is 6.20 Å². The van der Waals surface area contributed by atoms with Crippen LogP contribution in [0.3, 0.4) is 0 Å². The Balaban J connectivity index is 1.51. The third-order valence-electron chi connectivity index (χ3n) is 7.13. The molecule has 35 heavy (non-hydrogen) atoms. The van der Waals surface area contributed by atoms with Crippen molar-refractivity contribution < 1.29 is 9.47 Å². The minimum Gasteiger partial charge on any atom is -0.491 e. The van der Waals surface area contributed by atoms with Crippen LogP contribution in [0.4, 0.5) is 17.5 Å². The van der Waals surface area contributed by atoms with Crippen molar-refractivity contribution in [1.82, 2.24) is 14.9 Å². The van der Waals surface area contributed by atoms with Gasteiger partial charge in [0.2, 0.25) is 5.95 Å². The zero-order valence-corrected chi connectivity index (χ0v) is 22.3. The van der Waals surface area contributed by atoms with E-state index in [2.05, 4.69) is 66.5 Å². The average Bonchev–Trinajstić information content (AvgIpc) is 2.85. The number of ether oxygens (including phenoxy) is 2. The molecule has 2 aliphatic heterocycles. The van der Waals surface area contributed by atoms with Crippen LogP contribution in [0.5, 0.6) is 5.75 Å². The fourth-order valence-corrected chi connectivity index (χ4v) is 5.28. The van der Waals surface area contributed by atoms with Crippen LogP contribution in [-0.2, 0) is 4.74 Å². The maximum absolute atomic E-state index is 6.48. The van der Waals surface area contributed by atoms with Crippen LogP contribution in [-0.4, -0.2) is 60.4 Å². The molecule has 192 valence electrons. The molecule has 2 N–H and O–H groups in total. The Hall–Kier alpha value is -2.09. The van der Waals surface area contributed by atoms with Gasteiger partial charge in [-0.3, -0.25) is 0 Å². The zero-order valence-electron chi connectivity index (χ0n) is 21.5. The van der Waals surface area contributed by atoms with Crippen LogP contribution >= 0.6 is 11.6 Å². The van der Waals surface area contributed by atoms with Gasteiger partial charge in [0.1, 0.15) is 10.8 Å². The highest BCUT2D eigenvalue weighted by atomic mass is 35.5. The molecule has 0 unspecified atom stereocenters. The highest BCUT2D eigenvalue weighted by Crippen LogP contribution is 2.37. The minimum absolute atomic E-state index is 0.106. The number of piperidine rings is 1. The predicted octanol–water partition coefficient (Wildman–Crippen LogP) is 6.09. The second-order valence-electron chi connectivity index (χ2n) is 10.1. The molecular weight excluding hydrogens is 462 g/mol. The molecule has 0 spiro atoms. The van der Waals surface area contributed by atoms with E-state index in [9.17, 15) is 0 Å². The molecule has 2 fully saturated rings. The first-order valence-electron chi connectivity index (χ1n) is 13.1. The largest absolute Gasteiger partial charge is 0.491 e. The lowest BCUT2D eigenvalue weighted by Gasteiger charge is -2.31. The molecule has 1 atom stereocenters. The smallest absolute Gasteiger partial charge is 0.229 e. The number of rotatable bonds is 9. The molecule has 2 aliphatic rings. The quantitative estimate of drug-likeness (QED) is 0.431. The van der Waals surface area contributed by atoms with Crippen molar-refractivity contribution in [3.63, 3.8) is 0 Å². The summed E-state index contributed by atoms with van der Waals surface area (Å²) in [5, 5.41) is 7.47. The molecule has 8 heteroatoms. The van der Waals surface area contributed by atoms with Crippen LogP contribution in [0.25, 0.3) is 0 Å². The van der Waals surface area contributed by atoms with Crippen LogP contribution in [0.2, 0.25) is 5.02 Å². The van der Waals surface area contributed by atoms with Gasteiger partial charge in [-0.2, -0.15) is 4.98 Å². The van der Waals surface area contributed by atoms with E-state index >= 15 is 0 Å². The predicted molar refractivity (Wildman–Crippen MR) is 143 cm³/mol. The molecule has 4 rings (SSSR count). The maximum atomic E-state index is 6.48. The van der Waals surface area contributed by atoms with Gasteiger partial charge in [-0.05, 0) is 89.6 Å². The van der Waals surface area contributed by atoms with Gasteiger partial charge < -0.3 is 25.0 Å². The lowest BCUT2D eigenvalue weighted by Crippen LogP contribution is -2.33. The summed E-state index contributed by atoms with van der Waals surface area (Å²) in [6, 6.07) is 6.68. The Kier molecular flexibility index (Phi) is 9.09. The van der Waals surface area contributed by atoms with E-state index in [4.69, 9.17) is 26.1 Å². The average molecular weight is 502 g/mol. The van der Waals surface area contributed by atoms with E-state index in [0.29, 0.717) is 34.7 Å². The number of hydrogen-bond donors (Lipinski definition) is 2. The molecular formula is C27H40ClN5O2. The summed E-state index contributed by atoms with van der Waals surface area (Å²) in [6.07, 6.45) is 7.19. The lowest BCUT2D eigenvalue weighted by molar-refractivity contribution is 0.0602. The number of nitrogens with one attached hydrogen (secondary N) is 2. The molecule has 0 bridgehead atoms. The van der Waals surface area contributed by atoms with Crippen LogP contribution < -0.4 is 15.4 Å². The number of aromatic nitrogens is 2. The Bertz CT molecular complexity index is 959. The molecule has 0 aliphatic carbocycles. The molecule has 7 nitrogen and oxygen atoms in total. The highest BCUT2D eigenvalue weighted by Gasteiger charge is 2.25. The number of halogens is 1. The number of benzene rings is 1. The van der Waals surface area contributed by atoms with Crippen molar-refractivity contribution in [2.75, 3.05) is 44.0 Å². The van der Waals surface area contributed by atoms with Crippen LogP contribution in [0.15, 0.2) is 24.4 Å². The van der Waals surface area contributed by atoms with Gasteiger partial charge >= 0.3 is 0 Å². The Morgan fingerprint density at radius 2 is 1.91 bits per heavy atom. The van der Waals surface area contributed by atoms with Crippen molar-refractivity contribution in [3.8, 4) is 5.75 Å². The van der Waals surface area contributed by atoms with Crippen molar-refractivity contribution >= 4 is 29.1 Å². The topological polar surface area (TPSA) is 71.5 Å². The molecule has 1 aromatic carbocycles. The van der Waals surface area contributed by atoms with E-state index < -0.39 is 0 Å². The van der Waals surface area contributed by atoms with Crippen LogP contribution in [0.1, 0.15) is 64.4 Å². The molecule has 0 radical (unpaired) electrons. The van der Waals surface area contributed by atoms with Gasteiger partial charge in [0.05, 0.1) is 12.3 Å². The molecule has 1 aromatic heterocycles. The monoisotopic (exact) mass is 501 g/mol. The Labute approximate surface area is 215 Å². The SMILES string of the molecule is CC[C@@H](Nc1nc(Nc2ccc(C3CCN(C)CC3)c(OC(C)C)c2)ncc1Cl)C1CCOCC1. The molecule has 0 amide bonds. The normalized spacial score (nSPS) is 19.0. The Morgan fingerprint density at radius 1 is 1.17 bits per heavy atom. The lowest BCUT2D eigenvalue weighted by atomic mass is 9.89. The first-order valence-corrected chi connectivity index (χ1v) is 13.4. The Morgan fingerprint density at radius 3 is 2.60 bits per heavy atom. The van der Waals surface area contributed by atoms with E-state index in [1.807, 2.05) is 0 Å². The highest BCUT2D eigenvalue weighted by molar-refractivity contribution is 6.32. The van der Waals surface area contributed by atoms with Gasteiger partial charge in [0, 0.05) is 31.0 Å². The summed E-state index contributed by atoms with van der Waals surface area (Å²) in [7, 11) is 2.19. The number of nitrogens with zero attached hydrogens (tertiary/aromatic N) is 3. The van der Waals surface area contributed by atoms with Crippen LogP contribution in [0, 0.1) is 5.92 Å². The fourth-order valence-electron chi connectivity index (χ4n) is 5.13. The van der Waals surface area contributed by atoms with Gasteiger partial charge in [-0.15, -0.1) is 0 Å². The van der Waals surface area contributed by atoms with Gasteiger partial charge in [0.15, 0.2) is 5.82 Å². The van der Waals surface area contributed by atoms with Crippen molar-refractivity contribution in [3.05, 3.63) is 35.0 Å². The third-order valence-corrected chi connectivity index (χ3v) is 7.41. The summed E-state index contributed by atoms with van der Waals surface area (Å²) in [5.41, 5.74) is 2.20. The number of hydrogen-bond acceptors (Lipinski definition) is 7. The summed E-state index contributed by atoms with van der Waals surface area (Å²) in [5.74, 6) is 3.20. The number of anilines is 3. The minimum atomic E-state index is 0.106. The molecule has 3 heterocycles. The second kappa shape index (κ2) is 12.2. The van der Waals surface area contributed by atoms with Crippen molar-refractivity contribution in [2.45, 2.75) is 70.9 Å². The van der Waals surface area contributed by atoms with Crippen molar-refractivity contribution in [2.24, 2.45) is 5.92 Å². The third kappa shape index (κ3) is 6.99. The summed E-state index contributed by atoms with van der Waals surface area (Å²) in [6.45, 7) is 10.2. The number of likely N-dealkylation sites (tertiary alicyclic amines) is 1. The molecule has 0 saturated carbocycles. The summed E-state index contributed by atoms with van der Waals surface area (Å²) >= 11 is 6.48. The zero-order chi connectivity index (χ0) is 24.8. The van der Waals surface area contributed by atoms with Gasteiger partial charge in [-0.1, -0.05) is 24.6 Å². The van der Waals surface area contributed by atoms with E-state index in [0.717, 1.165) is 69.8 Å². The van der Waals surface area contributed by atoms with Gasteiger partial charge in [0.25, 0.3) is 0 Å². The standard InChI is InChI=1S/C27H40ClN5O2/c1-5-24(20-10-14-34-15-11-20)31-26-23(28)17-29-27(32-26)30-21-6-7-22(25(16-21)35-18(2)3)19-8-12-33(4)13-9-19/h6-7,16-20,24H,5,8-15H2,1-4H3,(H2,29,30,31,32)/t24-/m1/s1. The van der Waals surface area contributed by atoms with Gasteiger partial charge in [-0.25, -0.2) is 4.98 Å². The second-order valence-corrected chi connectivity index (χ2v) is 10.5. The fraction of sp³-hybridized carbons (Fsp3) is 0.630. The maximum Gasteiger partial charge on any atom is 0.229 e. The first kappa shape index (κ1) is 26.0. The van der Waals surface area contributed by atoms with Crippen molar-refractivity contribution in [1.29, 1.82) is 0 Å². The first-order chi connectivity index (χ1) is 16.9. The molecule has 2 aromatic rings. The molecule has 2 saturated heterocycles. The van der Waals surface area contributed by atoms with E-state index in [-0.39, 0.29) is 6.10 Å².